The minimum Gasteiger partial charge on any atom is -0.360 e. The van der Waals surface area contributed by atoms with E-state index in [-0.39, 0.29) is 23.7 Å². The Morgan fingerprint density at radius 2 is 2.03 bits per heavy atom. The van der Waals surface area contributed by atoms with Gasteiger partial charge in [-0.15, -0.1) is 0 Å². The molecule has 2 fully saturated rings. The van der Waals surface area contributed by atoms with Crippen molar-refractivity contribution in [2.75, 3.05) is 6.54 Å². The number of carbonyl (C=O) groups is 2. The van der Waals surface area contributed by atoms with Crippen molar-refractivity contribution in [3.05, 3.63) is 47.6 Å². The van der Waals surface area contributed by atoms with E-state index in [9.17, 15) is 9.59 Å². The normalized spacial score (nSPS) is 21.9. The molecule has 1 saturated carbocycles. The first kappa shape index (κ1) is 19.0. The Balaban J connectivity index is 1.22. The highest BCUT2D eigenvalue weighted by Crippen LogP contribution is 2.40. The molecule has 3 heterocycles. The maximum Gasteiger partial charge on any atom is 0.254 e. The van der Waals surface area contributed by atoms with Crippen molar-refractivity contribution < 1.29 is 14.1 Å². The lowest BCUT2D eigenvalue weighted by Gasteiger charge is -2.37. The third kappa shape index (κ3) is 3.53. The Labute approximate surface area is 175 Å². The molecule has 7 nitrogen and oxygen atoms in total. The van der Waals surface area contributed by atoms with Gasteiger partial charge in [-0.1, -0.05) is 5.16 Å². The van der Waals surface area contributed by atoms with E-state index in [0.29, 0.717) is 30.1 Å². The number of ketones is 1. The van der Waals surface area contributed by atoms with E-state index in [1.54, 1.807) is 6.33 Å². The molecular formula is C23H26N4O3. The van der Waals surface area contributed by atoms with Crippen LogP contribution in [0.15, 0.2) is 35.1 Å². The number of hydrogen-bond acceptors (Lipinski definition) is 5. The molecular weight excluding hydrogens is 380 g/mol. The smallest absolute Gasteiger partial charge is 0.254 e. The van der Waals surface area contributed by atoms with Gasteiger partial charge in [-0.3, -0.25) is 9.59 Å². The number of Topliss-reactive ketones (excluding diaryl/α,β-unsaturated/α-hetero) is 1. The Kier molecular flexibility index (Phi) is 4.68. The van der Waals surface area contributed by atoms with Crippen LogP contribution in [0.5, 0.6) is 0 Å². The van der Waals surface area contributed by atoms with E-state index in [1.807, 2.05) is 40.8 Å². The lowest BCUT2D eigenvalue weighted by atomic mass is 9.86. The van der Waals surface area contributed by atoms with Gasteiger partial charge in [0.1, 0.15) is 11.5 Å². The highest BCUT2D eigenvalue weighted by Gasteiger charge is 2.32. The van der Waals surface area contributed by atoms with Crippen molar-refractivity contribution in [1.82, 2.24) is 19.6 Å². The van der Waals surface area contributed by atoms with Gasteiger partial charge in [-0.25, -0.2) is 4.98 Å². The minimum absolute atomic E-state index is 0.0328. The molecule has 30 heavy (non-hydrogen) atoms. The standard InChI is InChI=1S/C23H26N4O3/c1-14-9-15(10-21(28)19-12-22(30-25-19)16-3-4-16)7-8-27(14)23(29)17-5-6-20-18(11-17)24-13-26(20)2/h5-6,11-16H,3-4,7-10H2,1-2H3/t14-,15-/m1/s1. The molecule has 0 spiro atoms. The summed E-state index contributed by atoms with van der Waals surface area (Å²) in [5.74, 6) is 1.64. The molecule has 3 aromatic rings. The largest absolute Gasteiger partial charge is 0.360 e. The number of benzene rings is 1. The first-order chi connectivity index (χ1) is 14.5. The summed E-state index contributed by atoms with van der Waals surface area (Å²) in [6, 6.07) is 7.58. The SMILES string of the molecule is C[C@@H]1C[C@H](CC(=O)c2cc(C3CC3)on2)CCN1C(=O)c1ccc2c(c1)ncn2C. The second-order valence-electron chi connectivity index (χ2n) is 8.81. The van der Waals surface area contributed by atoms with E-state index < -0.39 is 0 Å². The lowest BCUT2D eigenvalue weighted by Crippen LogP contribution is -2.45. The third-order valence-electron chi connectivity index (χ3n) is 6.49. The van der Waals surface area contributed by atoms with Gasteiger partial charge >= 0.3 is 0 Å². The van der Waals surface area contributed by atoms with Crippen LogP contribution < -0.4 is 0 Å². The van der Waals surface area contributed by atoms with Crippen LogP contribution in [0.3, 0.4) is 0 Å². The highest BCUT2D eigenvalue weighted by molar-refractivity contribution is 5.97. The monoisotopic (exact) mass is 406 g/mol. The molecule has 0 N–H and O–H groups in total. The number of aromatic nitrogens is 3. The minimum atomic E-state index is 0.0328. The Morgan fingerprint density at radius 1 is 1.20 bits per heavy atom. The fraction of sp³-hybridized carbons (Fsp3) is 0.478. The number of rotatable bonds is 5. The summed E-state index contributed by atoms with van der Waals surface area (Å²) in [5.41, 5.74) is 2.95. The number of nitrogens with zero attached hydrogens (tertiary/aromatic N) is 4. The number of likely N-dealkylation sites (tertiary alicyclic amines) is 1. The fourth-order valence-electron chi connectivity index (χ4n) is 4.54. The maximum atomic E-state index is 13.1. The highest BCUT2D eigenvalue weighted by atomic mass is 16.5. The number of imidazole rings is 1. The predicted octanol–water partition coefficient (Wildman–Crippen LogP) is 3.95. The first-order valence-electron chi connectivity index (χ1n) is 10.7. The fourth-order valence-corrected chi connectivity index (χ4v) is 4.54. The number of carbonyl (C=O) groups excluding carboxylic acids is 2. The zero-order valence-corrected chi connectivity index (χ0v) is 17.4. The van der Waals surface area contributed by atoms with Gasteiger partial charge in [0.2, 0.25) is 0 Å². The van der Waals surface area contributed by atoms with Gasteiger partial charge in [-0.05, 0) is 56.7 Å². The van der Waals surface area contributed by atoms with Crippen molar-refractivity contribution >= 4 is 22.7 Å². The molecule has 1 aliphatic carbocycles. The number of aryl methyl sites for hydroxylation is 1. The lowest BCUT2D eigenvalue weighted by molar-refractivity contribution is 0.0565. The van der Waals surface area contributed by atoms with Crippen LogP contribution in [-0.4, -0.2) is 43.9 Å². The van der Waals surface area contributed by atoms with Crippen molar-refractivity contribution in [2.24, 2.45) is 13.0 Å². The number of hydrogen-bond donors (Lipinski definition) is 0. The van der Waals surface area contributed by atoms with E-state index in [0.717, 1.165) is 42.5 Å². The molecule has 1 amide bonds. The molecule has 2 aromatic heterocycles. The zero-order valence-electron chi connectivity index (χ0n) is 17.4. The van der Waals surface area contributed by atoms with E-state index in [1.165, 1.54) is 0 Å². The third-order valence-corrected chi connectivity index (χ3v) is 6.49. The summed E-state index contributed by atoms with van der Waals surface area (Å²) in [4.78, 5) is 32.0. The Bertz CT molecular complexity index is 1110. The van der Waals surface area contributed by atoms with Gasteiger partial charge in [0.15, 0.2) is 5.78 Å². The summed E-state index contributed by atoms with van der Waals surface area (Å²) < 4.78 is 7.26. The van der Waals surface area contributed by atoms with Gasteiger partial charge in [0.05, 0.1) is 17.4 Å². The molecule has 0 unspecified atom stereocenters. The molecule has 7 heteroatoms. The molecule has 156 valence electrons. The predicted molar refractivity (Wildman–Crippen MR) is 111 cm³/mol. The zero-order chi connectivity index (χ0) is 20.8. The van der Waals surface area contributed by atoms with E-state index in [4.69, 9.17) is 4.52 Å². The molecule has 2 atom stereocenters. The first-order valence-corrected chi connectivity index (χ1v) is 10.7. The molecule has 0 bridgehead atoms. The number of fused-ring (bicyclic) bond motifs is 1. The molecule has 5 rings (SSSR count). The van der Waals surface area contributed by atoms with E-state index in [2.05, 4.69) is 17.1 Å². The summed E-state index contributed by atoms with van der Waals surface area (Å²) in [6.45, 7) is 2.72. The molecule has 1 saturated heterocycles. The molecule has 2 aliphatic rings. The van der Waals surface area contributed by atoms with Gasteiger partial charge < -0.3 is 14.0 Å². The van der Waals surface area contributed by atoms with Gasteiger partial charge in [0.25, 0.3) is 5.91 Å². The second-order valence-corrected chi connectivity index (χ2v) is 8.81. The average Bonchev–Trinajstić information content (AvgIpc) is 3.35. The van der Waals surface area contributed by atoms with Gasteiger partial charge in [-0.2, -0.15) is 0 Å². The van der Waals surface area contributed by atoms with Crippen LogP contribution in [-0.2, 0) is 7.05 Å². The second kappa shape index (κ2) is 7.38. The topological polar surface area (TPSA) is 81.2 Å². The quantitative estimate of drug-likeness (QED) is 0.599. The Morgan fingerprint density at radius 3 is 2.80 bits per heavy atom. The van der Waals surface area contributed by atoms with Crippen LogP contribution in [0.2, 0.25) is 0 Å². The number of amides is 1. The maximum absolute atomic E-state index is 13.1. The van der Waals surface area contributed by atoms with Crippen molar-refractivity contribution in [2.45, 2.75) is 51.0 Å². The summed E-state index contributed by atoms with van der Waals surface area (Å²) >= 11 is 0. The van der Waals surface area contributed by atoms with Crippen molar-refractivity contribution in [3.8, 4) is 0 Å². The Hall–Kier alpha value is -2.96. The molecule has 0 radical (unpaired) electrons. The van der Waals surface area contributed by atoms with Crippen LogP contribution in [0.25, 0.3) is 11.0 Å². The summed E-state index contributed by atoms with van der Waals surface area (Å²) in [7, 11) is 1.94. The molecule has 1 aliphatic heterocycles. The summed E-state index contributed by atoms with van der Waals surface area (Å²) in [6.07, 6.45) is 6.10. The number of piperidine rings is 1. The van der Waals surface area contributed by atoms with E-state index >= 15 is 0 Å². The van der Waals surface area contributed by atoms with Crippen molar-refractivity contribution in [3.63, 3.8) is 0 Å². The average molecular weight is 406 g/mol. The van der Waals surface area contributed by atoms with Gasteiger partial charge in [0, 0.05) is 43.6 Å². The van der Waals surface area contributed by atoms with Crippen molar-refractivity contribution in [1.29, 1.82) is 0 Å². The molecule has 1 aromatic carbocycles. The van der Waals surface area contributed by atoms with Crippen LogP contribution in [0.4, 0.5) is 0 Å². The van der Waals surface area contributed by atoms with Crippen LogP contribution >= 0.6 is 0 Å². The van der Waals surface area contributed by atoms with Crippen LogP contribution in [0, 0.1) is 5.92 Å². The summed E-state index contributed by atoms with van der Waals surface area (Å²) in [5, 5.41) is 3.97. The van der Waals surface area contributed by atoms with Crippen LogP contribution in [0.1, 0.15) is 71.6 Å².